The third-order valence-electron chi connectivity index (χ3n) is 5.05. The minimum Gasteiger partial charge on any atom is -0.326 e. The van der Waals surface area contributed by atoms with E-state index < -0.39 is 0 Å². The van der Waals surface area contributed by atoms with Gasteiger partial charge >= 0.3 is 0 Å². The van der Waals surface area contributed by atoms with Gasteiger partial charge in [-0.25, -0.2) is 9.67 Å². The highest BCUT2D eigenvalue weighted by atomic mass is 32.1. The van der Waals surface area contributed by atoms with Crippen LogP contribution in [0.15, 0.2) is 65.9 Å². The zero-order valence-electron chi connectivity index (χ0n) is 15.1. The summed E-state index contributed by atoms with van der Waals surface area (Å²) in [6.45, 7) is 1.39. The molecule has 5 rings (SSSR count). The van der Waals surface area contributed by atoms with Crippen molar-refractivity contribution in [2.45, 2.75) is 19.0 Å². The van der Waals surface area contributed by atoms with Crippen molar-refractivity contribution in [2.75, 3.05) is 6.54 Å². The zero-order chi connectivity index (χ0) is 18.9. The molecule has 1 unspecified atom stereocenters. The zero-order valence-corrected chi connectivity index (χ0v) is 16.7. The van der Waals surface area contributed by atoms with Crippen LogP contribution in [0.5, 0.6) is 0 Å². The Bertz CT molecular complexity index is 1070. The van der Waals surface area contributed by atoms with Crippen LogP contribution >= 0.6 is 22.7 Å². The van der Waals surface area contributed by atoms with E-state index in [0.29, 0.717) is 6.54 Å². The van der Waals surface area contributed by atoms with Crippen molar-refractivity contribution in [3.8, 4) is 0 Å². The van der Waals surface area contributed by atoms with Crippen LogP contribution in [0.3, 0.4) is 0 Å². The minimum atomic E-state index is 0.0114. The van der Waals surface area contributed by atoms with E-state index in [1.807, 2.05) is 29.2 Å². The summed E-state index contributed by atoms with van der Waals surface area (Å²) in [5.41, 5.74) is 3.09. The van der Waals surface area contributed by atoms with Gasteiger partial charge in [0.2, 0.25) is 0 Å². The topological polar surface area (TPSA) is 51.0 Å². The molecular formula is C21H18N4OS2. The SMILES string of the molecule is O=C(c1ccc(Cn2cncn2)cc1)N1CCc2sccc2C1c1cccs1. The summed E-state index contributed by atoms with van der Waals surface area (Å²) in [6, 6.07) is 14.2. The molecule has 1 atom stereocenters. The number of fused-ring (bicyclic) bond motifs is 1. The summed E-state index contributed by atoms with van der Waals surface area (Å²) in [6.07, 6.45) is 4.14. The first-order chi connectivity index (χ1) is 13.8. The highest BCUT2D eigenvalue weighted by Gasteiger charge is 2.33. The molecule has 1 amide bonds. The maximum absolute atomic E-state index is 13.4. The first kappa shape index (κ1) is 17.3. The van der Waals surface area contributed by atoms with E-state index in [2.05, 4.69) is 39.0 Å². The van der Waals surface area contributed by atoms with Crippen LogP contribution in [-0.4, -0.2) is 32.1 Å². The van der Waals surface area contributed by atoms with Crippen LogP contribution in [0.1, 0.15) is 37.3 Å². The Kier molecular flexibility index (Phi) is 4.54. The summed E-state index contributed by atoms with van der Waals surface area (Å²) in [7, 11) is 0. The van der Waals surface area contributed by atoms with Gasteiger partial charge in [-0.15, -0.1) is 22.7 Å². The van der Waals surface area contributed by atoms with Gasteiger partial charge in [0.05, 0.1) is 12.6 Å². The lowest BCUT2D eigenvalue weighted by Crippen LogP contribution is -2.39. The molecule has 0 bridgehead atoms. The van der Waals surface area contributed by atoms with E-state index in [1.54, 1.807) is 33.7 Å². The molecule has 4 aromatic rings. The average Bonchev–Trinajstić information content (AvgIpc) is 3.49. The van der Waals surface area contributed by atoms with Gasteiger partial charge in [-0.3, -0.25) is 4.79 Å². The summed E-state index contributed by atoms with van der Waals surface area (Å²) < 4.78 is 1.77. The van der Waals surface area contributed by atoms with E-state index in [-0.39, 0.29) is 11.9 Å². The molecule has 0 saturated heterocycles. The lowest BCUT2D eigenvalue weighted by molar-refractivity contribution is 0.0699. The Morgan fingerprint density at radius 2 is 2.00 bits per heavy atom. The predicted octanol–water partition coefficient (Wildman–Crippen LogP) is 4.24. The van der Waals surface area contributed by atoms with Gasteiger partial charge in [0.15, 0.2) is 0 Å². The number of rotatable bonds is 4. The quantitative estimate of drug-likeness (QED) is 0.509. The van der Waals surface area contributed by atoms with E-state index in [1.165, 1.54) is 21.6 Å². The van der Waals surface area contributed by atoms with Gasteiger partial charge in [0.25, 0.3) is 5.91 Å². The molecular weight excluding hydrogens is 388 g/mol. The average molecular weight is 407 g/mol. The molecule has 0 radical (unpaired) electrons. The number of benzene rings is 1. The molecule has 3 aromatic heterocycles. The number of amides is 1. The lowest BCUT2D eigenvalue weighted by atomic mass is 9.97. The largest absolute Gasteiger partial charge is 0.326 e. The molecule has 1 aliphatic rings. The maximum Gasteiger partial charge on any atom is 0.254 e. The molecule has 140 valence electrons. The molecule has 0 saturated carbocycles. The number of hydrogen-bond donors (Lipinski definition) is 0. The highest BCUT2D eigenvalue weighted by molar-refractivity contribution is 7.10. The molecule has 1 aromatic carbocycles. The fraction of sp³-hybridized carbons (Fsp3) is 0.190. The number of carbonyl (C=O) groups excluding carboxylic acids is 1. The normalized spacial score (nSPS) is 16.1. The van der Waals surface area contributed by atoms with Crippen LogP contribution in [0, 0.1) is 0 Å². The van der Waals surface area contributed by atoms with Gasteiger partial charge < -0.3 is 4.90 Å². The fourth-order valence-electron chi connectivity index (χ4n) is 3.71. The molecule has 5 nitrogen and oxygen atoms in total. The summed E-state index contributed by atoms with van der Waals surface area (Å²) in [5.74, 6) is 0.0857. The Balaban J connectivity index is 1.42. The first-order valence-electron chi connectivity index (χ1n) is 9.11. The third kappa shape index (κ3) is 3.16. The van der Waals surface area contributed by atoms with Crippen LogP contribution in [0.2, 0.25) is 0 Å². The molecule has 0 aliphatic carbocycles. The lowest BCUT2D eigenvalue weighted by Gasteiger charge is -2.35. The van der Waals surface area contributed by atoms with Crippen molar-refractivity contribution in [3.05, 3.63) is 92.3 Å². The van der Waals surface area contributed by atoms with E-state index in [9.17, 15) is 4.79 Å². The molecule has 0 fully saturated rings. The predicted molar refractivity (Wildman–Crippen MR) is 111 cm³/mol. The van der Waals surface area contributed by atoms with Gasteiger partial charge in [-0.2, -0.15) is 5.10 Å². The smallest absolute Gasteiger partial charge is 0.254 e. The molecule has 0 N–H and O–H groups in total. The maximum atomic E-state index is 13.4. The number of hydrogen-bond acceptors (Lipinski definition) is 5. The van der Waals surface area contributed by atoms with Gasteiger partial charge in [0.1, 0.15) is 12.7 Å². The van der Waals surface area contributed by atoms with E-state index in [0.717, 1.165) is 24.1 Å². The standard InChI is InChI=1S/C21H18N4OS2/c26-21(16-5-3-15(4-6-16)12-24-14-22-13-23-24)25-9-7-18-17(8-11-28-18)20(25)19-2-1-10-27-19/h1-6,8,10-11,13-14,20H,7,9,12H2. The van der Waals surface area contributed by atoms with Crippen LogP contribution in [0.4, 0.5) is 0 Å². The van der Waals surface area contributed by atoms with Crippen molar-refractivity contribution in [1.29, 1.82) is 0 Å². The Labute approximate surface area is 170 Å². The monoisotopic (exact) mass is 406 g/mol. The van der Waals surface area contributed by atoms with Crippen LogP contribution < -0.4 is 0 Å². The molecule has 0 spiro atoms. The highest BCUT2D eigenvalue weighted by Crippen LogP contribution is 2.40. The minimum absolute atomic E-state index is 0.0114. The third-order valence-corrected chi connectivity index (χ3v) is 6.97. The Hall–Kier alpha value is -2.77. The second-order valence-electron chi connectivity index (χ2n) is 6.76. The summed E-state index contributed by atoms with van der Waals surface area (Å²) in [4.78, 5) is 22.0. The van der Waals surface area contributed by atoms with Gasteiger partial charge in [0, 0.05) is 21.9 Å². The number of carbonyl (C=O) groups is 1. The molecule has 7 heteroatoms. The van der Waals surface area contributed by atoms with Crippen molar-refractivity contribution >= 4 is 28.6 Å². The number of aromatic nitrogens is 3. The van der Waals surface area contributed by atoms with Gasteiger partial charge in [-0.1, -0.05) is 18.2 Å². The second kappa shape index (κ2) is 7.33. The van der Waals surface area contributed by atoms with Crippen LogP contribution in [0.25, 0.3) is 0 Å². The number of thiophene rings is 2. The van der Waals surface area contributed by atoms with Crippen molar-refractivity contribution < 1.29 is 4.79 Å². The van der Waals surface area contributed by atoms with Gasteiger partial charge in [-0.05, 0) is 52.6 Å². The van der Waals surface area contributed by atoms with E-state index in [4.69, 9.17) is 0 Å². The molecule has 1 aliphatic heterocycles. The first-order valence-corrected chi connectivity index (χ1v) is 10.9. The van der Waals surface area contributed by atoms with Crippen LogP contribution in [-0.2, 0) is 13.0 Å². The Morgan fingerprint density at radius 3 is 2.75 bits per heavy atom. The second-order valence-corrected chi connectivity index (χ2v) is 8.74. The van der Waals surface area contributed by atoms with Crippen molar-refractivity contribution in [2.24, 2.45) is 0 Å². The number of nitrogens with zero attached hydrogens (tertiary/aromatic N) is 4. The fourth-order valence-corrected chi connectivity index (χ4v) is 5.47. The molecule has 4 heterocycles. The van der Waals surface area contributed by atoms with Crippen molar-refractivity contribution in [1.82, 2.24) is 19.7 Å². The Morgan fingerprint density at radius 1 is 1.11 bits per heavy atom. The van der Waals surface area contributed by atoms with Crippen molar-refractivity contribution in [3.63, 3.8) is 0 Å². The van der Waals surface area contributed by atoms with E-state index >= 15 is 0 Å². The summed E-state index contributed by atoms with van der Waals surface area (Å²) in [5, 5.41) is 8.35. The summed E-state index contributed by atoms with van der Waals surface area (Å²) >= 11 is 3.51. The molecule has 28 heavy (non-hydrogen) atoms.